The van der Waals surface area contributed by atoms with Crippen molar-refractivity contribution in [1.82, 2.24) is 4.90 Å². The van der Waals surface area contributed by atoms with E-state index in [1.807, 2.05) is 0 Å². The van der Waals surface area contributed by atoms with Gasteiger partial charge in [0.05, 0.1) is 0 Å². The summed E-state index contributed by atoms with van der Waals surface area (Å²) in [6.45, 7) is 9.34. The first kappa shape index (κ1) is 16.3. The first-order valence-electron chi connectivity index (χ1n) is 8.76. The number of hydrogen-bond acceptors (Lipinski definition) is 2. The van der Waals surface area contributed by atoms with Gasteiger partial charge in [0, 0.05) is 12.6 Å². The minimum atomic E-state index is 0.411. The van der Waals surface area contributed by atoms with Crippen molar-refractivity contribution in [3.05, 3.63) is 0 Å². The van der Waals surface area contributed by atoms with Crippen LogP contribution in [0.15, 0.2) is 0 Å². The summed E-state index contributed by atoms with van der Waals surface area (Å²) in [4.78, 5) is 2.65. The van der Waals surface area contributed by atoms with Gasteiger partial charge in [0.15, 0.2) is 0 Å². The summed E-state index contributed by atoms with van der Waals surface area (Å²) in [5.74, 6) is 0.912. The minimum absolute atomic E-state index is 0.411. The summed E-state index contributed by atoms with van der Waals surface area (Å²) in [5.41, 5.74) is 7.16. The molecule has 2 fully saturated rings. The molecule has 20 heavy (non-hydrogen) atoms. The van der Waals surface area contributed by atoms with Crippen LogP contribution in [0.25, 0.3) is 0 Å². The number of rotatable bonds is 4. The molecule has 2 saturated carbocycles. The Labute approximate surface area is 126 Å². The molecular weight excluding hydrogens is 244 g/mol. The standard InChI is InChI=1S/C18H36N2/c1-15-5-11-18(13-19,12-6-15)14-20(4)16-7-9-17(2,3)10-8-16/h15-16H,5-14,19H2,1-4H3. The maximum absolute atomic E-state index is 6.18. The van der Waals surface area contributed by atoms with E-state index in [0.717, 1.165) is 18.5 Å². The fourth-order valence-electron chi connectivity index (χ4n) is 4.28. The molecule has 2 nitrogen and oxygen atoms in total. The Morgan fingerprint density at radius 2 is 1.55 bits per heavy atom. The van der Waals surface area contributed by atoms with Gasteiger partial charge in [0.1, 0.15) is 0 Å². The van der Waals surface area contributed by atoms with E-state index >= 15 is 0 Å². The molecule has 0 bridgehead atoms. The Hall–Kier alpha value is -0.0800. The second kappa shape index (κ2) is 6.36. The molecule has 2 aliphatic carbocycles. The summed E-state index contributed by atoms with van der Waals surface area (Å²) in [6, 6.07) is 0.797. The molecule has 0 aliphatic heterocycles. The second-order valence-electron chi connectivity index (χ2n) is 8.70. The lowest BCUT2D eigenvalue weighted by Gasteiger charge is -2.45. The van der Waals surface area contributed by atoms with Gasteiger partial charge in [0.2, 0.25) is 0 Å². The van der Waals surface area contributed by atoms with Crippen molar-refractivity contribution in [2.24, 2.45) is 22.5 Å². The Morgan fingerprint density at radius 1 is 1.00 bits per heavy atom. The van der Waals surface area contributed by atoms with Gasteiger partial charge in [0.25, 0.3) is 0 Å². The van der Waals surface area contributed by atoms with Crippen LogP contribution in [0.4, 0.5) is 0 Å². The smallest absolute Gasteiger partial charge is 0.00928 e. The maximum atomic E-state index is 6.18. The summed E-state index contributed by atoms with van der Waals surface area (Å²) in [6.07, 6.45) is 11.0. The van der Waals surface area contributed by atoms with E-state index < -0.39 is 0 Å². The van der Waals surface area contributed by atoms with Crippen molar-refractivity contribution in [1.29, 1.82) is 0 Å². The van der Waals surface area contributed by atoms with E-state index in [0.29, 0.717) is 10.8 Å². The first-order chi connectivity index (χ1) is 9.36. The van der Waals surface area contributed by atoms with Crippen molar-refractivity contribution in [3.63, 3.8) is 0 Å². The lowest BCUT2D eigenvalue weighted by atomic mass is 9.70. The average Bonchev–Trinajstić information content (AvgIpc) is 2.41. The van der Waals surface area contributed by atoms with E-state index in [9.17, 15) is 0 Å². The molecular formula is C18H36N2. The maximum Gasteiger partial charge on any atom is 0.00928 e. The molecule has 0 aromatic rings. The van der Waals surface area contributed by atoms with Crippen molar-refractivity contribution in [2.45, 2.75) is 78.2 Å². The number of nitrogens with two attached hydrogens (primary N) is 1. The van der Waals surface area contributed by atoms with Crippen LogP contribution in [-0.2, 0) is 0 Å². The highest BCUT2D eigenvalue weighted by atomic mass is 15.1. The quantitative estimate of drug-likeness (QED) is 0.842. The van der Waals surface area contributed by atoms with Crippen LogP contribution in [0, 0.1) is 16.7 Å². The fourth-order valence-corrected chi connectivity index (χ4v) is 4.28. The van der Waals surface area contributed by atoms with E-state index in [1.165, 1.54) is 57.9 Å². The van der Waals surface area contributed by atoms with E-state index in [4.69, 9.17) is 5.73 Å². The minimum Gasteiger partial charge on any atom is -0.330 e. The molecule has 2 aliphatic rings. The zero-order valence-electron chi connectivity index (χ0n) is 14.3. The molecule has 0 amide bonds. The summed E-state index contributed by atoms with van der Waals surface area (Å²) >= 11 is 0. The number of hydrogen-bond donors (Lipinski definition) is 1. The highest BCUT2D eigenvalue weighted by Crippen LogP contribution is 2.41. The van der Waals surface area contributed by atoms with Crippen LogP contribution >= 0.6 is 0 Å². The van der Waals surface area contributed by atoms with E-state index in [1.54, 1.807) is 0 Å². The van der Waals surface area contributed by atoms with Gasteiger partial charge in [-0.25, -0.2) is 0 Å². The zero-order chi connectivity index (χ0) is 14.8. The summed E-state index contributed by atoms with van der Waals surface area (Å²) in [5, 5.41) is 0. The zero-order valence-corrected chi connectivity index (χ0v) is 14.3. The van der Waals surface area contributed by atoms with Crippen LogP contribution in [0.3, 0.4) is 0 Å². The molecule has 2 rings (SSSR count). The monoisotopic (exact) mass is 280 g/mol. The van der Waals surface area contributed by atoms with Crippen LogP contribution < -0.4 is 5.73 Å². The topological polar surface area (TPSA) is 29.3 Å². The Balaban J connectivity index is 1.88. The van der Waals surface area contributed by atoms with Crippen molar-refractivity contribution in [3.8, 4) is 0 Å². The van der Waals surface area contributed by atoms with Crippen molar-refractivity contribution < 1.29 is 0 Å². The van der Waals surface area contributed by atoms with Crippen LogP contribution in [-0.4, -0.2) is 31.1 Å². The average molecular weight is 281 g/mol. The SMILES string of the molecule is CC1CCC(CN)(CN(C)C2CCC(C)(C)CC2)CC1. The predicted molar refractivity (Wildman–Crippen MR) is 87.8 cm³/mol. The molecule has 0 spiro atoms. The molecule has 0 heterocycles. The van der Waals surface area contributed by atoms with Gasteiger partial charge >= 0.3 is 0 Å². The van der Waals surface area contributed by atoms with E-state index in [2.05, 4.69) is 32.7 Å². The van der Waals surface area contributed by atoms with Gasteiger partial charge in [-0.05, 0) is 68.9 Å². The van der Waals surface area contributed by atoms with Crippen molar-refractivity contribution in [2.75, 3.05) is 20.1 Å². The lowest BCUT2D eigenvalue weighted by Crippen LogP contribution is -2.47. The molecule has 0 atom stereocenters. The van der Waals surface area contributed by atoms with E-state index in [-0.39, 0.29) is 0 Å². The largest absolute Gasteiger partial charge is 0.330 e. The van der Waals surface area contributed by atoms with Crippen LogP contribution in [0.5, 0.6) is 0 Å². The molecule has 2 N–H and O–H groups in total. The normalized spacial score (nSPS) is 35.4. The highest BCUT2D eigenvalue weighted by Gasteiger charge is 2.36. The Bertz CT molecular complexity index is 293. The lowest BCUT2D eigenvalue weighted by molar-refractivity contribution is 0.0584. The van der Waals surface area contributed by atoms with Crippen LogP contribution in [0.1, 0.15) is 72.1 Å². The molecule has 0 unspecified atom stereocenters. The van der Waals surface area contributed by atoms with Gasteiger partial charge < -0.3 is 10.6 Å². The van der Waals surface area contributed by atoms with Gasteiger partial charge in [-0.1, -0.05) is 33.6 Å². The third-order valence-electron chi connectivity index (χ3n) is 6.28. The third-order valence-corrected chi connectivity index (χ3v) is 6.28. The second-order valence-corrected chi connectivity index (χ2v) is 8.70. The molecule has 0 radical (unpaired) electrons. The Kier molecular flexibility index (Phi) is 5.18. The van der Waals surface area contributed by atoms with Gasteiger partial charge in [-0.3, -0.25) is 0 Å². The number of nitrogens with zero attached hydrogens (tertiary/aromatic N) is 1. The fraction of sp³-hybridized carbons (Fsp3) is 1.00. The molecule has 0 aromatic carbocycles. The van der Waals surface area contributed by atoms with Crippen LogP contribution in [0.2, 0.25) is 0 Å². The van der Waals surface area contributed by atoms with Crippen molar-refractivity contribution >= 4 is 0 Å². The summed E-state index contributed by atoms with van der Waals surface area (Å²) in [7, 11) is 2.35. The highest BCUT2D eigenvalue weighted by molar-refractivity contribution is 4.91. The van der Waals surface area contributed by atoms with Gasteiger partial charge in [-0.15, -0.1) is 0 Å². The molecule has 0 saturated heterocycles. The third kappa shape index (κ3) is 3.98. The summed E-state index contributed by atoms with van der Waals surface area (Å²) < 4.78 is 0. The molecule has 118 valence electrons. The predicted octanol–water partition coefficient (Wildman–Crippen LogP) is 4.04. The Morgan fingerprint density at radius 3 is 2.05 bits per heavy atom. The van der Waals surface area contributed by atoms with Gasteiger partial charge in [-0.2, -0.15) is 0 Å². The molecule has 0 aromatic heterocycles. The molecule has 2 heteroatoms. The first-order valence-corrected chi connectivity index (χ1v) is 8.76.